The summed E-state index contributed by atoms with van der Waals surface area (Å²) in [6.07, 6.45) is 7.40. The van der Waals surface area contributed by atoms with Crippen molar-refractivity contribution in [3.8, 4) is 11.8 Å². The van der Waals surface area contributed by atoms with E-state index in [2.05, 4.69) is 32.1 Å². The van der Waals surface area contributed by atoms with Gasteiger partial charge in [0.15, 0.2) is 11.4 Å². The summed E-state index contributed by atoms with van der Waals surface area (Å²) in [5, 5.41) is 7.55. The van der Waals surface area contributed by atoms with Gasteiger partial charge in [-0.05, 0) is 60.2 Å². The SMILES string of the molecule is Cc1ccc(C(=O)Cc2ccc(CN3CCC(F)(F)CC3)c(C)c2)cc1C#Cc1cnc2c(Nc3cnn(C)c3)cccn12. The normalized spacial score (nSPS) is 14.8. The molecular formula is C35H34F2N6O. The number of nitrogens with one attached hydrogen (secondary N) is 1. The number of Topliss-reactive ketones (excluding diaryl/α,β-unsaturated/α-hetero) is 1. The van der Waals surface area contributed by atoms with Gasteiger partial charge in [-0.1, -0.05) is 36.3 Å². The second-order valence-corrected chi connectivity index (χ2v) is 11.6. The fraction of sp³-hybridized carbons (Fsp3) is 0.286. The molecule has 4 heterocycles. The Bertz CT molecular complexity index is 1900. The Hall–Kier alpha value is -4.81. The molecule has 7 nitrogen and oxygen atoms in total. The fourth-order valence-corrected chi connectivity index (χ4v) is 5.52. The molecule has 224 valence electrons. The third-order valence-electron chi connectivity index (χ3n) is 8.16. The molecule has 1 aliphatic heterocycles. The summed E-state index contributed by atoms with van der Waals surface area (Å²) >= 11 is 0. The molecule has 0 saturated carbocycles. The van der Waals surface area contributed by atoms with Gasteiger partial charge in [0, 0.05) is 69.5 Å². The number of piperidine rings is 1. The quantitative estimate of drug-likeness (QED) is 0.173. The van der Waals surface area contributed by atoms with Crippen molar-refractivity contribution in [2.75, 3.05) is 18.4 Å². The van der Waals surface area contributed by atoms with Crippen LogP contribution in [0.5, 0.6) is 0 Å². The number of benzene rings is 2. The number of imidazole rings is 1. The number of anilines is 2. The van der Waals surface area contributed by atoms with Gasteiger partial charge in [0.25, 0.3) is 5.92 Å². The first kappa shape index (κ1) is 29.3. The van der Waals surface area contributed by atoms with Crippen molar-refractivity contribution >= 4 is 22.8 Å². The van der Waals surface area contributed by atoms with E-state index in [1.165, 1.54) is 0 Å². The number of carbonyl (C=O) groups excluding carboxylic acids is 1. The number of hydrogen-bond acceptors (Lipinski definition) is 5. The van der Waals surface area contributed by atoms with E-state index in [0.29, 0.717) is 25.2 Å². The number of hydrogen-bond donors (Lipinski definition) is 1. The Morgan fingerprint density at radius 2 is 1.84 bits per heavy atom. The van der Waals surface area contributed by atoms with Crippen molar-refractivity contribution in [1.82, 2.24) is 24.1 Å². The van der Waals surface area contributed by atoms with E-state index >= 15 is 0 Å². The summed E-state index contributed by atoms with van der Waals surface area (Å²) in [4.78, 5) is 20.0. The van der Waals surface area contributed by atoms with Crippen LogP contribution >= 0.6 is 0 Å². The molecule has 0 amide bonds. The van der Waals surface area contributed by atoms with Crippen molar-refractivity contribution in [2.24, 2.45) is 7.05 Å². The highest BCUT2D eigenvalue weighted by Crippen LogP contribution is 2.29. The standard InChI is InChI=1S/C35H34F2N6O/c1-24-6-8-28(33(44)18-26-7-9-29(25(2)17-26)22-42-15-12-35(36,37)13-16-42)19-27(24)10-11-31-21-38-34-32(5-4-14-43(31)34)40-30-20-39-41(3)23-30/h4-9,14,17,19-21,23,40H,12-13,15-16,18,22H2,1-3H3. The van der Waals surface area contributed by atoms with Crippen molar-refractivity contribution < 1.29 is 13.6 Å². The number of carbonyl (C=O) groups is 1. The highest BCUT2D eigenvalue weighted by Gasteiger charge is 2.33. The number of aryl methyl sites for hydroxylation is 3. The molecule has 3 aromatic heterocycles. The fourth-order valence-electron chi connectivity index (χ4n) is 5.52. The number of likely N-dealkylation sites (tertiary alicyclic amines) is 1. The van der Waals surface area contributed by atoms with Crippen LogP contribution in [0.3, 0.4) is 0 Å². The highest BCUT2D eigenvalue weighted by atomic mass is 19.3. The highest BCUT2D eigenvalue weighted by molar-refractivity contribution is 5.98. The van der Waals surface area contributed by atoms with Gasteiger partial charge in [-0.25, -0.2) is 13.8 Å². The molecular weight excluding hydrogens is 558 g/mol. The minimum Gasteiger partial charge on any atom is -0.350 e. The van der Waals surface area contributed by atoms with Crippen LogP contribution in [-0.4, -0.2) is 48.9 Å². The lowest BCUT2D eigenvalue weighted by molar-refractivity contribution is -0.0566. The predicted octanol–water partition coefficient (Wildman–Crippen LogP) is 6.48. The van der Waals surface area contributed by atoms with E-state index in [4.69, 9.17) is 0 Å². The minimum atomic E-state index is -2.55. The number of rotatable bonds is 7. The van der Waals surface area contributed by atoms with Crippen molar-refractivity contribution in [2.45, 2.75) is 45.6 Å². The lowest BCUT2D eigenvalue weighted by atomic mass is 9.96. The van der Waals surface area contributed by atoms with Crippen molar-refractivity contribution in [3.63, 3.8) is 0 Å². The summed E-state index contributed by atoms with van der Waals surface area (Å²) < 4.78 is 30.7. The maximum atomic E-state index is 13.5. The Morgan fingerprint density at radius 1 is 1.02 bits per heavy atom. The first-order valence-electron chi connectivity index (χ1n) is 14.7. The molecule has 1 saturated heterocycles. The van der Waals surface area contributed by atoms with Crippen LogP contribution < -0.4 is 5.32 Å². The smallest absolute Gasteiger partial charge is 0.250 e. The van der Waals surface area contributed by atoms with Gasteiger partial charge in [-0.15, -0.1) is 0 Å². The second kappa shape index (κ2) is 12.1. The molecule has 1 N–H and O–H groups in total. The maximum Gasteiger partial charge on any atom is 0.250 e. The van der Waals surface area contributed by atoms with Crippen LogP contribution in [0.15, 0.2) is 73.3 Å². The first-order valence-corrected chi connectivity index (χ1v) is 14.7. The van der Waals surface area contributed by atoms with E-state index in [1.807, 2.05) is 86.2 Å². The van der Waals surface area contributed by atoms with Crippen LogP contribution in [-0.2, 0) is 20.0 Å². The van der Waals surface area contributed by atoms with E-state index in [0.717, 1.165) is 50.5 Å². The summed E-state index contributed by atoms with van der Waals surface area (Å²) in [6, 6.07) is 15.5. The monoisotopic (exact) mass is 592 g/mol. The minimum absolute atomic E-state index is 0.0133. The summed E-state index contributed by atoms with van der Waals surface area (Å²) in [6.45, 7) is 5.43. The number of fused-ring (bicyclic) bond motifs is 1. The van der Waals surface area contributed by atoms with Crippen LogP contribution in [0, 0.1) is 25.7 Å². The van der Waals surface area contributed by atoms with Gasteiger partial charge in [-0.3, -0.25) is 18.8 Å². The van der Waals surface area contributed by atoms with E-state index < -0.39 is 5.92 Å². The van der Waals surface area contributed by atoms with E-state index in [9.17, 15) is 13.6 Å². The molecule has 44 heavy (non-hydrogen) atoms. The van der Waals surface area contributed by atoms with Crippen molar-refractivity contribution in [3.05, 3.63) is 112 Å². The Labute approximate surface area is 255 Å². The Balaban J connectivity index is 1.15. The number of ketones is 1. The van der Waals surface area contributed by atoms with Crippen LogP contribution in [0.1, 0.15) is 56.7 Å². The average molecular weight is 593 g/mol. The number of halogens is 2. The molecule has 6 rings (SSSR count). The number of aromatic nitrogens is 4. The topological polar surface area (TPSA) is 67.5 Å². The molecule has 0 unspecified atom stereocenters. The van der Waals surface area contributed by atoms with Crippen LogP contribution in [0.4, 0.5) is 20.2 Å². The number of nitrogens with zero attached hydrogens (tertiary/aromatic N) is 5. The van der Waals surface area contributed by atoms with E-state index in [1.54, 1.807) is 17.1 Å². The summed E-state index contributed by atoms with van der Waals surface area (Å²) in [5.74, 6) is 3.95. The predicted molar refractivity (Wildman–Crippen MR) is 168 cm³/mol. The number of pyridine rings is 1. The summed E-state index contributed by atoms with van der Waals surface area (Å²) in [5.41, 5.74) is 8.67. The molecule has 0 spiro atoms. The molecule has 0 bridgehead atoms. The van der Waals surface area contributed by atoms with Crippen LogP contribution in [0.25, 0.3) is 5.65 Å². The lowest BCUT2D eigenvalue weighted by Crippen LogP contribution is -2.38. The average Bonchev–Trinajstić information content (AvgIpc) is 3.61. The van der Waals surface area contributed by atoms with Gasteiger partial charge in [-0.2, -0.15) is 5.10 Å². The van der Waals surface area contributed by atoms with Gasteiger partial charge < -0.3 is 5.32 Å². The molecule has 0 aliphatic carbocycles. The lowest BCUT2D eigenvalue weighted by Gasteiger charge is -2.32. The molecule has 1 aliphatic rings. The third-order valence-corrected chi connectivity index (χ3v) is 8.16. The van der Waals surface area contributed by atoms with Gasteiger partial charge in [0.1, 0.15) is 5.69 Å². The van der Waals surface area contributed by atoms with Crippen LogP contribution in [0.2, 0.25) is 0 Å². The zero-order chi connectivity index (χ0) is 30.8. The molecule has 1 fully saturated rings. The van der Waals surface area contributed by atoms with Gasteiger partial charge >= 0.3 is 0 Å². The maximum absolute atomic E-state index is 13.5. The molecule has 9 heteroatoms. The van der Waals surface area contributed by atoms with Gasteiger partial charge in [0.05, 0.1) is 23.8 Å². The second-order valence-electron chi connectivity index (χ2n) is 11.6. The van der Waals surface area contributed by atoms with Crippen molar-refractivity contribution in [1.29, 1.82) is 0 Å². The largest absolute Gasteiger partial charge is 0.350 e. The molecule has 5 aromatic rings. The van der Waals surface area contributed by atoms with E-state index in [-0.39, 0.29) is 25.0 Å². The molecule has 0 atom stereocenters. The van der Waals surface area contributed by atoms with Gasteiger partial charge in [0.2, 0.25) is 0 Å². The summed E-state index contributed by atoms with van der Waals surface area (Å²) in [7, 11) is 1.87. The zero-order valence-electron chi connectivity index (χ0n) is 25.1. The number of alkyl halides is 2. The first-order chi connectivity index (χ1) is 21.1. The Kier molecular flexibility index (Phi) is 8.02. The third kappa shape index (κ3) is 6.56. The molecule has 2 aromatic carbocycles. The Morgan fingerprint density at radius 3 is 2.59 bits per heavy atom. The zero-order valence-corrected chi connectivity index (χ0v) is 25.1. The molecule has 0 radical (unpaired) electrons.